The van der Waals surface area contributed by atoms with Crippen molar-refractivity contribution in [2.24, 2.45) is 0 Å². The maximum Gasteiger partial charge on any atom is 0.186 e. The summed E-state index contributed by atoms with van der Waals surface area (Å²) in [5.74, 6) is 0.259. The molecule has 4 rings (SSSR count). The lowest BCUT2D eigenvalue weighted by Crippen LogP contribution is -2.11. The number of carbonyl (C=O) groups excluding carboxylic acids is 1. The van der Waals surface area contributed by atoms with Crippen LogP contribution in [-0.2, 0) is 11.2 Å². The van der Waals surface area contributed by atoms with Crippen molar-refractivity contribution in [3.8, 4) is 11.3 Å². The highest BCUT2D eigenvalue weighted by Gasteiger charge is 2.39. The number of ketones is 1. The predicted octanol–water partition coefficient (Wildman–Crippen LogP) is 6.09. The first-order chi connectivity index (χ1) is 13.5. The van der Waals surface area contributed by atoms with Crippen molar-refractivity contribution in [3.63, 3.8) is 0 Å². The van der Waals surface area contributed by atoms with Gasteiger partial charge in [0.1, 0.15) is 27.5 Å². The number of halogens is 2. The largest absolute Gasteiger partial charge is 0.457 e. The summed E-state index contributed by atoms with van der Waals surface area (Å²) in [6.45, 7) is 1.98. The van der Waals surface area contributed by atoms with Gasteiger partial charge in [-0.3, -0.25) is 10.2 Å². The quantitative estimate of drug-likeness (QED) is 0.487. The molecule has 9 heteroatoms. The Labute approximate surface area is 179 Å². The summed E-state index contributed by atoms with van der Waals surface area (Å²) in [5, 5.41) is 19.1. The second kappa shape index (κ2) is 7.83. The Morgan fingerprint density at radius 3 is 2.79 bits per heavy atom. The van der Waals surface area contributed by atoms with Gasteiger partial charge < -0.3 is 4.42 Å². The number of aryl methyl sites for hydroxylation is 1. The number of carbonyl (C=O) groups is 1. The second-order valence-electron chi connectivity index (χ2n) is 5.99. The molecule has 142 valence electrons. The van der Waals surface area contributed by atoms with E-state index in [2.05, 4.69) is 10.2 Å². The van der Waals surface area contributed by atoms with Crippen molar-refractivity contribution in [3.05, 3.63) is 61.1 Å². The highest BCUT2D eigenvalue weighted by Crippen LogP contribution is 2.42. The van der Waals surface area contributed by atoms with E-state index in [1.165, 1.54) is 11.3 Å². The molecule has 28 heavy (non-hydrogen) atoms. The highest BCUT2D eigenvalue weighted by atomic mass is 35.5. The number of allylic oxidation sites excluding steroid dienone is 1. The van der Waals surface area contributed by atoms with Crippen LogP contribution in [0.15, 0.2) is 39.7 Å². The van der Waals surface area contributed by atoms with E-state index in [-0.39, 0.29) is 10.8 Å². The number of hydrogen-bond donors (Lipinski definition) is 1. The number of nitrogens with zero attached hydrogens (tertiary/aromatic N) is 2. The number of benzene rings is 1. The molecule has 3 aromatic rings. The van der Waals surface area contributed by atoms with Crippen LogP contribution in [0.2, 0.25) is 10.0 Å². The van der Waals surface area contributed by atoms with E-state index in [1.54, 1.807) is 36.4 Å². The summed E-state index contributed by atoms with van der Waals surface area (Å²) in [4.78, 5) is 13.3. The molecule has 1 atom stereocenters. The molecule has 1 aliphatic heterocycles. The van der Waals surface area contributed by atoms with Gasteiger partial charge in [-0.1, -0.05) is 41.9 Å². The van der Waals surface area contributed by atoms with Gasteiger partial charge in [0, 0.05) is 10.6 Å². The fourth-order valence-corrected chi connectivity index (χ4v) is 5.17. The Kier molecular flexibility index (Phi) is 5.42. The number of Topliss-reactive ketones (excluding diaryl/α,β-unsaturated/α-hetero) is 1. The van der Waals surface area contributed by atoms with Crippen LogP contribution in [0.3, 0.4) is 0 Å². The van der Waals surface area contributed by atoms with Gasteiger partial charge in [-0.05, 0) is 42.8 Å². The molecule has 0 radical (unpaired) electrons. The molecule has 3 heterocycles. The van der Waals surface area contributed by atoms with E-state index in [1.807, 2.05) is 6.92 Å². The summed E-state index contributed by atoms with van der Waals surface area (Å²) < 4.78 is 5.83. The zero-order chi connectivity index (χ0) is 19.8. The van der Waals surface area contributed by atoms with E-state index in [0.717, 1.165) is 23.2 Å². The van der Waals surface area contributed by atoms with Crippen molar-refractivity contribution in [2.75, 3.05) is 0 Å². The molecule has 1 aromatic carbocycles. The van der Waals surface area contributed by atoms with Crippen LogP contribution in [0.5, 0.6) is 0 Å². The molecule has 0 unspecified atom stereocenters. The molecule has 0 bridgehead atoms. The van der Waals surface area contributed by atoms with Gasteiger partial charge in [0.2, 0.25) is 0 Å². The number of thioether (sulfide) groups is 1. The lowest BCUT2D eigenvalue weighted by Gasteiger charge is -2.01. The third-order valence-corrected chi connectivity index (χ3v) is 6.79. The number of aromatic nitrogens is 2. The second-order valence-corrected chi connectivity index (χ2v) is 9.01. The molecule has 0 spiro atoms. The van der Waals surface area contributed by atoms with Crippen LogP contribution in [0.1, 0.15) is 28.6 Å². The maximum absolute atomic E-state index is 12.8. The van der Waals surface area contributed by atoms with E-state index >= 15 is 0 Å². The third-order valence-electron chi connectivity index (χ3n) is 4.12. The lowest BCUT2D eigenvalue weighted by molar-refractivity contribution is -0.114. The average Bonchev–Trinajstić information content (AvgIpc) is 3.36. The zero-order valence-electron chi connectivity index (χ0n) is 14.5. The lowest BCUT2D eigenvalue weighted by atomic mass is 10.1. The topological polar surface area (TPSA) is 79.8 Å². The van der Waals surface area contributed by atoms with Crippen molar-refractivity contribution in [2.45, 2.75) is 19.3 Å². The molecular weight excluding hydrogens is 437 g/mol. The van der Waals surface area contributed by atoms with Crippen LogP contribution in [-0.4, -0.2) is 21.0 Å². The number of furan rings is 1. The SMILES string of the molecule is CCc1nnc([C@@H]2C(=N)S/C(=C\c3ccc(-c4ccc(Cl)cc4Cl)o3)C2=O)s1. The maximum atomic E-state index is 12.8. The highest BCUT2D eigenvalue weighted by molar-refractivity contribution is 8.19. The first kappa shape index (κ1) is 19.4. The Hall–Kier alpha value is -1.93. The van der Waals surface area contributed by atoms with Crippen molar-refractivity contribution >= 4 is 63.2 Å². The van der Waals surface area contributed by atoms with Gasteiger partial charge >= 0.3 is 0 Å². The van der Waals surface area contributed by atoms with Crippen LogP contribution >= 0.6 is 46.3 Å². The monoisotopic (exact) mass is 449 g/mol. The van der Waals surface area contributed by atoms with Crippen molar-refractivity contribution in [1.82, 2.24) is 10.2 Å². The number of rotatable bonds is 4. The van der Waals surface area contributed by atoms with Gasteiger partial charge in [0.05, 0.1) is 15.0 Å². The van der Waals surface area contributed by atoms with Crippen LogP contribution < -0.4 is 0 Å². The fraction of sp³-hybridized carbons (Fsp3) is 0.158. The van der Waals surface area contributed by atoms with Crippen LogP contribution in [0, 0.1) is 5.41 Å². The van der Waals surface area contributed by atoms with Crippen molar-refractivity contribution < 1.29 is 9.21 Å². The third kappa shape index (κ3) is 3.67. The minimum atomic E-state index is -0.672. The van der Waals surface area contributed by atoms with Gasteiger partial charge in [0.15, 0.2) is 5.78 Å². The molecular formula is C19H13Cl2N3O2S2. The normalized spacial score (nSPS) is 18.4. The average molecular weight is 450 g/mol. The Morgan fingerprint density at radius 2 is 2.07 bits per heavy atom. The first-order valence-electron chi connectivity index (χ1n) is 8.36. The minimum Gasteiger partial charge on any atom is -0.457 e. The summed E-state index contributed by atoms with van der Waals surface area (Å²) >= 11 is 14.7. The van der Waals surface area contributed by atoms with Gasteiger partial charge in [-0.15, -0.1) is 21.5 Å². The molecule has 2 aromatic heterocycles. The zero-order valence-corrected chi connectivity index (χ0v) is 17.7. The van der Waals surface area contributed by atoms with Crippen molar-refractivity contribution in [1.29, 1.82) is 5.41 Å². The summed E-state index contributed by atoms with van der Waals surface area (Å²) in [6.07, 6.45) is 2.40. The molecule has 5 nitrogen and oxygen atoms in total. The van der Waals surface area contributed by atoms with E-state index in [4.69, 9.17) is 33.0 Å². The standard InChI is InChI=1S/C19H13Cl2N3O2S2/c1-2-15-23-24-19(28-15)16-17(25)14(27-18(16)22)8-10-4-6-13(26-10)11-5-3-9(20)7-12(11)21/h3-8,16,22H,2H2,1H3/b14-8-,22-18?/t16-/m0/s1. The summed E-state index contributed by atoms with van der Waals surface area (Å²) in [5.41, 5.74) is 0.715. The fourth-order valence-electron chi connectivity index (χ4n) is 2.73. The van der Waals surface area contributed by atoms with E-state index < -0.39 is 5.92 Å². The summed E-state index contributed by atoms with van der Waals surface area (Å²) in [6, 6.07) is 8.71. The van der Waals surface area contributed by atoms with Crippen LogP contribution in [0.4, 0.5) is 0 Å². The molecule has 0 amide bonds. The van der Waals surface area contributed by atoms with Gasteiger partial charge in [-0.25, -0.2) is 0 Å². The first-order valence-corrected chi connectivity index (χ1v) is 10.7. The summed E-state index contributed by atoms with van der Waals surface area (Å²) in [7, 11) is 0. The van der Waals surface area contributed by atoms with Gasteiger partial charge in [-0.2, -0.15) is 0 Å². The minimum absolute atomic E-state index is 0.156. The Balaban J connectivity index is 1.60. The molecule has 1 saturated heterocycles. The number of hydrogen-bond acceptors (Lipinski definition) is 7. The smallest absolute Gasteiger partial charge is 0.186 e. The number of nitrogens with one attached hydrogen (secondary N) is 1. The molecule has 0 saturated carbocycles. The molecule has 1 N–H and O–H groups in total. The Morgan fingerprint density at radius 1 is 1.25 bits per heavy atom. The predicted molar refractivity (Wildman–Crippen MR) is 114 cm³/mol. The van der Waals surface area contributed by atoms with E-state index in [9.17, 15) is 4.79 Å². The molecule has 1 aliphatic rings. The van der Waals surface area contributed by atoms with Gasteiger partial charge in [0.25, 0.3) is 0 Å². The van der Waals surface area contributed by atoms with E-state index in [0.29, 0.717) is 37.0 Å². The molecule has 1 fully saturated rings. The Bertz CT molecular complexity index is 1120. The van der Waals surface area contributed by atoms with Crippen LogP contribution in [0.25, 0.3) is 17.4 Å². The molecule has 0 aliphatic carbocycles.